The second-order valence-electron chi connectivity index (χ2n) is 4.13. The van der Waals surface area contributed by atoms with E-state index in [1.165, 1.54) is 6.92 Å². The van der Waals surface area contributed by atoms with Crippen molar-refractivity contribution in [3.8, 4) is 5.75 Å². The highest BCUT2D eigenvalue weighted by Gasteiger charge is 2.24. The van der Waals surface area contributed by atoms with Crippen LogP contribution < -0.4 is 4.74 Å². The third kappa shape index (κ3) is 2.42. The van der Waals surface area contributed by atoms with Crippen LogP contribution in [0.1, 0.15) is 19.8 Å². The maximum atomic E-state index is 11.4. The summed E-state index contributed by atoms with van der Waals surface area (Å²) in [6.45, 7) is 1.44. The Kier molecular flexibility index (Phi) is 3.46. The largest absolute Gasteiger partial charge is 0.511 e. The molecule has 4 heteroatoms. The zero-order chi connectivity index (χ0) is 13.1. The Labute approximate surface area is 106 Å². The number of ketones is 1. The fourth-order valence-corrected chi connectivity index (χ4v) is 1.98. The van der Waals surface area contributed by atoms with Gasteiger partial charge in [0.05, 0.1) is 24.1 Å². The van der Waals surface area contributed by atoms with Crippen molar-refractivity contribution in [3.63, 3.8) is 0 Å². The van der Waals surface area contributed by atoms with Crippen molar-refractivity contribution in [1.82, 2.24) is 0 Å². The van der Waals surface area contributed by atoms with Crippen molar-refractivity contribution in [2.24, 2.45) is 4.99 Å². The van der Waals surface area contributed by atoms with E-state index >= 15 is 0 Å². The predicted octanol–water partition coefficient (Wildman–Crippen LogP) is 2.96. The Morgan fingerprint density at radius 3 is 2.50 bits per heavy atom. The number of rotatable bonds is 3. The standard InChI is InChI=1S/C14H15NO3/c1-9(16)14-12(7-8-13(14)17)15-10-3-5-11(18-2)6-4-10/h3-6,17H,7-8H2,1-2H3. The van der Waals surface area contributed by atoms with E-state index in [0.717, 1.165) is 11.4 Å². The summed E-state index contributed by atoms with van der Waals surface area (Å²) >= 11 is 0. The van der Waals surface area contributed by atoms with Gasteiger partial charge in [-0.15, -0.1) is 0 Å². The molecule has 1 aliphatic carbocycles. The highest BCUT2D eigenvalue weighted by Crippen LogP contribution is 2.26. The molecule has 0 saturated heterocycles. The minimum Gasteiger partial charge on any atom is -0.511 e. The van der Waals surface area contributed by atoms with E-state index in [-0.39, 0.29) is 11.5 Å². The molecule has 0 amide bonds. The summed E-state index contributed by atoms with van der Waals surface area (Å²) in [6.07, 6.45) is 1.09. The molecule has 1 N–H and O–H groups in total. The summed E-state index contributed by atoms with van der Waals surface area (Å²) in [4.78, 5) is 15.8. The topological polar surface area (TPSA) is 58.9 Å². The van der Waals surface area contributed by atoms with Crippen LogP contribution in [0.3, 0.4) is 0 Å². The van der Waals surface area contributed by atoms with Gasteiger partial charge in [-0.3, -0.25) is 9.79 Å². The molecule has 0 heterocycles. The Balaban J connectivity index is 2.30. The summed E-state index contributed by atoms with van der Waals surface area (Å²) in [6, 6.07) is 7.26. The maximum Gasteiger partial charge on any atom is 0.165 e. The number of methoxy groups -OCH3 is 1. The number of hydrogen-bond acceptors (Lipinski definition) is 4. The summed E-state index contributed by atoms with van der Waals surface area (Å²) < 4.78 is 5.06. The van der Waals surface area contributed by atoms with Crippen LogP contribution in [0.4, 0.5) is 5.69 Å². The van der Waals surface area contributed by atoms with Gasteiger partial charge in [0.2, 0.25) is 0 Å². The maximum absolute atomic E-state index is 11.4. The van der Waals surface area contributed by atoms with E-state index < -0.39 is 0 Å². The summed E-state index contributed by atoms with van der Waals surface area (Å²) in [5, 5.41) is 9.65. The smallest absolute Gasteiger partial charge is 0.165 e. The van der Waals surface area contributed by atoms with E-state index in [1.807, 2.05) is 24.3 Å². The number of aliphatic imine (C=N–C) groups is 1. The van der Waals surface area contributed by atoms with E-state index in [1.54, 1.807) is 7.11 Å². The quantitative estimate of drug-likeness (QED) is 0.890. The van der Waals surface area contributed by atoms with Crippen molar-refractivity contribution >= 4 is 17.2 Å². The number of aliphatic hydroxyl groups excluding tert-OH is 1. The molecule has 0 saturated carbocycles. The molecule has 1 aliphatic rings. The molecule has 18 heavy (non-hydrogen) atoms. The van der Waals surface area contributed by atoms with Crippen molar-refractivity contribution in [3.05, 3.63) is 35.6 Å². The number of carbonyl (C=O) groups is 1. The zero-order valence-corrected chi connectivity index (χ0v) is 10.4. The average Bonchev–Trinajstić information content (AvgIpc) is 2.71. The van der Waals surface area contributed by atoms with Crippen molar-refractivity contribution in [1.29, 1.82) is 0 Å². The summed E-state index contributed by atoms with van der Waals surface area (Å²) in [7, 11) is 1.60. The molecule has 0 aliphatic heterocycles. The van der Waals surface area contributed by atoms with Gasteiger partial charge in [-0.1, -0.05) is 0 Å². The van der Waals surface area contributed by atoms with Crippen LogP contribution in [-0.4, -0.2) is 23.7 Å². The first-order valence-corrected chi connectivity index (χ1v) is 5.77. The molecule has 0 unspecified atom stereocenters. The minimum absolute atomic E-state index is 0.141. The molecule has 0 radical (unpaired) electrons. The van der Waals surface area contributed by atoms with Gasteiger partial charge in [0, 0.05) is 6.42 Å². The van der Waals surface area contributed by atoms with Crippen LogP contribution >= 0.6 is 0 Å². The van der Waals surface area contributed by atoms with Gasteiger partial charge in [0.1, 0.15) is 11.5 Å². The lowest BCUT2D eigenvalue weighted by Gasteiger charge is -2.02. The van der Waals surface area contributed by atoms with E-state index in [2.05, 4.69) is 4.99 Å². The molecule has 0 fully saturated rings. The van der Waals surface area contributed by atoms with Crippen LogP contribution in [0.5, 0.6) is 5.75 Å². The number of nitrogens with zero attached hydrogens (tertiary/aromatic N) is 1. The summed E-state index contributed by atoms with van der Waals surface area (Å²) in [5.41, 5.74) is 1.77. The predicted molar refractivity (Wildman–Crippen MR) is 69.7 cm³/mol. The molecule has 2 rings (SSSR count). The second-order valence-corrected chi connectivity index (χ2v) is 4.13. The fraction of sp³-hybridized carbons (Fsp3) is 0.286. The molecule has 0 aromatic heterocycles. The van der Waals surface area contributed by atoms with Crippen molar-refractivity contribution < 1.29 is 14.6 Å². The van der Waals surface area contributed by atoms with Gasteiger partial charge in [0.15, 0.2) is 5.78 Å². The molecule has 94 valence electrons. The van der Waals surface area contributed by atoms with Gasteiger partial charge in [-0.05, 0) is 37.6 Å². The van der Waals surface area contributed by atoms with Crippen molar-refractivity contribution in [2.45, 2.75) is 19.8 Å². The zero-order valence-electron chi connectivity index (χ0n) is 10.4. The highest BCUT2D eigenvalue weighted by atomic mass is 16.5. The molecule has 4 nitrogen and oxygen atoms in total. The van der Waals surface area contributed by atoms with Crippen LogP contribution in [0, 0.1) is 0 Å². The van der Waals surface area contributed by atoms with Gasteiger partial charge >= 0.3 is 0 Å². The molecular formula is C14H15NO3. The monoisotopic (exact) mass is 245 g/mol. The molecule has 1 aromatic carbocycles. The second kappa shape index (κ2) is 5.04. The Morgan fingerprint density at radius 1 is 1.28 bits per heavy atom. The van der Waals surface area contributed by atoms with Crippen LogP contribution in [-0.2, 0) is 4.79 Å². The third-order valence-corrected chi connectivity index (χ3v) is 2.86. The van der Waals surface area contributed by atoms with Gasteiger partial charge in [-0.2, -0.15) is 0 Å². The number of carbonyl (C=O) groups excluding carboxylic acids is 1. The molecule has 0 atom stereocenters. The van der Waals surface area contributed by atoms with E-state index in [0.29, 0.717) is 24.1 Å². The van der Waals surface area contributed by atoms with Gasteiger partial charge in [-0.25, -0.2) is 0 Å². The molecular weight excluding hydrogens is 230 g/mol. The van der Waals surface area contributed by atoms with Gasteiger partial charge < -0.3 is 9.84 Å². The molecule has 0 spiro atoms. The number of hydrogen-bond donors (Lipinski definition) is 1. The number of Topliss-reactive ketones (excluding diaryl/α,β-unsaturated/α-hetero) is 1. The number of aliphatic hydroxyl groups is 1. The Hall–Kier alpha value is -2.10. The van der Waals surface area contributed by atoms with Crippen LogP contribution in [0.25, 0.3) is 0 Å². The summed E-state index contributed by atoms with van der Waals surface area (Å²) in [5.74, 6) is 0.766. The molecule has 0 bridgehead atoms. The SMILES string of the molecule is COc1ccc(N=C2CCC(O)=C2C(C)=O)cc1. The van der Waals surface area contributed by atoms with E-state index in [4.69, 9.17) is 4.74 Å². The third-order valence-electron chi connectivity index (χ3n) is 2.86. The van der Waals surface area contributed by atoms with Crippen LogP contribution in [0.15, 0.2) is 40.6 Å². The lowest BCUT2D eigenvalue weighted by Crippen LogP contribution is -2.06. The van der Waals surface area contributed by atoms with Crippen molar-refractivity contribution in [2.75, 3.05) is 7.11 Å². The molecule has 1 aromatic rings. The first-order chi connectivity index (χ1) is 8.61. The van der Waals surface area contributed by atoms with Crippen LogP contribution in [0.2, 0.25) is 0 Å². The van der Waals surface area contributed by atoms with E-state index in [9.17, 15) is 9.90 Å². The Bertz CT molecular complexity index is 526. The lowest BCUT2D eigenvalue weighted by atomic mass is 10.1. The average molecular weight is 245 g/mol. The first kappa shape index (κ1) is 12.4. The lowest BCUT2D eigenvalue weighted by molar-refractivity contribution is -0.113. The van der Waals surface area contributed by atoms with Gasteiger partial charge in [0.25, 0.3) is 0 Å². The number of ether oxygens (including phenoxy) is 1. The number of benzene rings is 1. The minimum atomic E-state index is -0.141. The number of allylic oxidation sites excluding steroid dienone is 2. The first-order valence-electron chi connectivity index (χ1n) is 5.77. The Morgan fingerprint density at radius 2 is 1.94 bits per heavy atom. The highest BCUT2D eigenvalue weighted by molar-refractivity contribution is 6.23. The fourth-order valence-electron chi connectivity index (χ4n) is 1.98. The normalized spacial score (nSPS) is 17.3.